The van der Waals surface area contributed by atoms with Gasteiger partial charge in [0.05, 0.1) is 16.8 Å². The van der Waals surface area contributed by atoms with Crippen LogP contribution >= 0.6 is 0 Å². The molecule has 0 aromatic rings. The molecule has 6 nitrogen and oxygen atoms in total. The van der Waals surface area contributed by atoms with Crippen LogP contribution in [0.2, 0.25) is 0 Å². The number of nitrogens with zero attached hydrogens (tertiary/aromatic N) is 2. The zero-order valence-electron chi connectivity index (χ0n) is 6.10. The molecule has 0 amide bonds. The summed E-state index contributed by atoms with van der Waals surface area (Å²) in [6.07, 6.45) is -1.69. The van der Waals surface area contributed by atoms with Crippen LogP contribution < -0.4 is 51.4 Å². The van der Waals surface area contributed by atoms with Gasteiger partial charge in [-0.1, -0.05) is 0 Å². The molecule has 0 heterocycles. The van der Waals surface area contributed by atoms with Crippen LogP contribution in [0.5, 0.6) is 0 Å². The van der Waals surface area contributed by atoms with E-state index in [-0.39, 0.29) is 52.8 Å². The van der Waals surface area contributed by atoms with Crippen LogP contribution in [-0.2, 0) is 0 Å². The predicted octanol–water partition coefficient (Wildman–Crippen LogP) is -3.00. The Kier molecular flexibility index (Phi) is 7.07. The van der Waals surface area contributed by atoms with E-state index in [2.05, 4.69) is 0 Å². The molecule has 0 N–H and O–H groups in total. The van der Waals surface area contributed by atoms with E-state index in [1.807, 2.05) is 0 Å². The summed E-state index contributed by atoms with van der Waals surface area (Å²) in [7, 11) is 0. The third-order valence-corrected chi connectivity index (χ3v) is 0.610. The fourth-order valence-electron chi connectivity index (χ4n) is 0.0770. The van der Waals surface area contributed by atoms with Gasteiger partial charge in [0.1, 0.15) is 0 Å². The number of rotatable bonds is 2. The van der Waals surface area contributed by atoms with Crippen molar-refractivity contribution in [2.45, 2.75) is 13.1 Å². The van der Waals surface area contributed by atoms with Crippen LogP contribution in [-0.4, -0.2) is 16.0 Å². The van der Waals surface area contributed by atoms with Crippen LogP contribution in [0.4, 0.5) is 0 Å². The van der Waals surface area contributed by atoms with Gasteiger partial charge in [-0.3, -0.25) is 20.2 Å². The van der Waals surface area contributed by atoms with Crippen LogP contribution in [0.15, 0.2) is 0 Å². The van der Waals surface area contributed by atoms with Crippen molar-refractivity contribution in [2.75, 3.05) is 0 Å². The van der Waals surface area contributed by atoms with Gasteiger partial charge in [0.25, 0.3) is 0 Å². The van der Waals surface area contributed by atoms with Gasteiger partial charge in [-0.05, 0) is 0 Å². The predicted molar refractivity (Wildman–Crippen MR) is 24.6 cm³/mol. The van der Waals surface area contributed by atoms with Crippen LogP contribution in [0.25, 0.3) is 0 Å². The maximum Gasteiger partial charge on any atom is 1.00 e. The van der Waals surface area contributed by atoms with Gasteiger partial charge in [-0.15, -0.1) is 0 Å². The number of hydrogen-bond acceptors (Lipinski definition) is 4. The van der Waals surface area contributed by atoms with Gasteiger partial charge in [0.2, 0.25) is 0 Å². The first kappa shape index (κ1) is 12.1. The Balaban J connectivity index is -0.000000245. The second-order valence-electron chi connectivity index (χ2n) is 1.20. The summed E-state index contributed by atoms with van der Waals surface area (Å²) >= 11 is 0. The smallest absolute Gasteiger partial charge is 1.00 e. The van der Waals surface area contributed by atoms with Crippen molar-refractivity contribution in [3.8, 4) is 0 Å². The topological polar surface area (TPSA) is 86.3 Å². The molecule has 0 aliphatic carbocycles. The minimum absolute atomic E-state index is 0. The molecule has 0 bridgehead atoms. The fourth-order valence-corrected chi connectivity index (χ4v) is 0.0770. The van der Waals surface area contributed by atoms with Crippen LogP contribution in [0, 0.1) is 20.2 Å². The van der Waals surface area contributed by atoms with Gasteiger partial charge in [0, 0.05) is 0 Å². The van der Waals surface area contributed by atoms with E-state index in [1.54, 1.807) is 0 Å². The molecule has 0 saturated carbocycles. The third-order valence-electron chi connectivity index (χ3n) is 0.610. The van der Waals surface area contributed by atoms with Gasteiger partial charge < -0.3 is 1.43 Å². The van der Waals surface area contributed by atoms with Gasteiger partial charge in [0.15, 0.2) is 0 Å². The van der Waals surface area contributed by atoms with Gasteiger partial charge in [-0.2, -0.15) is 0 Å². The first-order valence-corrected chi connectivity index (χ1v) is 1.82. The minimum Gasteiger partial charge on any atom is -1.00 e. The Hall–Kier alpha value is 0.436. The maximum atomic E-state index is 9.50. The summed E-state index contributed by atoms with van der Waals surface area (Å²) < 4.78 is 0. The summed E-state index contributed by atoms with van der Waals surface area (Å²) in [5.41, 5.74) is 0. The normalized spacial score (nSPS) is 8.22. The average Bonchev–Trinajstić information content (AvgIpc) is 1.64. The van der Waals surface area contributed by atoms with Crippen molar-refractivity contribution < 1.29 is 62.7 Å². The summed E-state index contributed by atoms with van der Waals surface area (Å²) in [6.45, 7) is 0.917. The summed E-state index contributed by atoms with van der Waals surface area (Å²) in [4.78, 5) is 17.1. The Morgan fingerprint density at radius 1 is 1.33 bits per heavy atom. The largest absolute Gasteiger partial charge is 1.00 e. The fraction of sp³-hybridized carbons (Fsp3) is 1.00. The number of hydrogen-bond donors (Lipinski definition) is 0. The molecule has 0 spiro atoms. The van der Waals surface area contributed by atoms with Crippen molar-refractivity contribution >= 4 is 0 Å². The van der Waals surface area contributed by atoms with E-state index in [0.29, 0.717) is 0 Å². The van der Waals surface area contributed by atoms with Crippen LogP contribution in [0.3, 0.4) is 0 Å². The van der Waals surface area contributed by atoms with E-state index >= 15 is 0 Å². The molecule has 0 saturated heterocycles. The van der Waals surface area contributed by atoms with E-state index in [4.69, 9.17) is 0 Å². The van der Waals surface area contributed by atoms with E-state index in [0.717, 1.165) is 6.92 Å². The molecule has 0 aliphatic rings. The van der Waals surface area contributed by atoms with Crippen molar-refractivity contribution in [3.05, 3.63) is 20.2 Å². The first-order chi connectivity index (χ1) is 3.55. The Morgan fingerprint density at radius 3 is 1.56 bits per heavy atom. The van der Waals surface area contributed by atoms with E-state index in [9.17, 15) is 20.2 Å². The quantitative estimate of drug-likeness (QED) is 0.186. The second-order valence-corrected chi connectivity index (χ2v) is 1.20. The molecular formula is C2H5KN2O4. The second kappa shape index (κ2) is 5.24. The minimum atomic E-state index is -1.69. The maximum absolute atomic E-state index is 9.50. The van der Waals surface area contributed by atoms with E-state index in [1.165, 1.54) is 0 Å². The number of nitro groups is 2. The monoisotopic (exact) mass is 160 g/mol. The molecule has 7 heteroatoms. The van der Waals surface area contributed by atoms with Crippen molar-refractivity contribution in [1.82, 2.24) is 0 Å². The first-order valence-electron chi connectivity index (χ1n) is 1.82. The molecule has 0 aromatic heterocycles. The zero-order valence-corrected chi connectivity index (χ0v) is 8.23. The van der Waals surface area contributed by atoms with E-state index < -0.39 is 16.0 Å². The molecule has 0 fully saturated rings. The molecule has 0 unspecified atom stereocenters. The standard InChI is InChI=1S/C2H4N2O4.K.H/c1-2(3(5)6)4(7)8;;/h2H,1H3;;/q;+1;-1. The SMILES string of the molecule is CC([N+](=O)[O-])[N+](=O)[O-].[H-].[K+]. The Morgan fingerprint density at radius 2 is 1.56 bits per heavy atom. The van der Waals surface area contributed by atoms with Crippen LogP contribution in [0.1, 0.15) is 8.35 Å². The molecule has 0 aromatic carbocycles. The van der Waals surface area contributed by atoms with Crippen molar-refractivity contribution in [2.24, 2.45) is 0 Å². The van der Waals surface area contributed by atoms with Crippen molar-refractivity contribution in [3.63, 3.8) is 0 Å². The summed E-state index contributed by atoms with van der Waals surface area (Å²) in [5.74, 6) is 0. The Labute approximate surface area is 94.8 Å². The summed E-state index contributed by atoms with van der Waals surface area (Å²) in [6, 6.07) is 0. The zero-order chi connectivity index (χ0) is 6.73. The van der Waals surface area contributed by atoms with Gasteiger partial charge >= 0.3 is 57.6 Å². The van der Waals surface area contributed by atoms with Crippen molar-refractivity contribution in [1.29, 1.82) is 0 Å². The molecule has 0 atom stereocenters. The molecule has 0 radical (unpaired) electrons. The molecule has 0 rings (SSSR count). The Bertz CT molecular complexity index is 116. The summed E-state index contributed by atoms with van der Waals surface area (Å²) in [5, 5.41) is 19.0. The molecule has 0 aliphatic heterocycles. The molecular weight excluding hydrogens is 155 g/mol. The third kappa shape index (κ3) is 4.91. The molecule has 48 valence electrons. The van der Waals surface area contributed by atoms with Gasteiger partial charge in [-0.25, -0.2) is 0 Å². The molecule has 9 heavy (non-hydrogen) atoms. The average molecular weight is 160 g/mol.